The highest BCUT2D eigenvalue weighted by atomic mass is 32.2. The summed E-state index contributed by atoms with van der Waals surface area (Å²) in [4.78, 5) is 11.6. The van der Waals surface area contributed by atoms with Crippen molar-refractivity contribution >= 4 is 23.1 Å². The smallest absolute Gasteiger partial charge is 0.311 e. The zero-order chi connectivity index (χ0) is 14.8. The molecule has 0 spiro atoms. The van der Waals surface area contributed by atoms with Crippen LogP contribution in [-0.2, 0) is 15.9 Å². The molecule has 110 valence electrons. The van der Waals surface area contributed by atoms with Gasteiger partial charge in [-0.15, -0.1) is 0 Å². The number of benzene rings is 1. The van der Waals surface area contributed by atoms with Gasteiger partial charge in [-0.2, -0.15) is 0 Å². The third kappa shape index (κ3) is 7.21. The summed E-state index contributed by atoms with van der Waals surface area (Å²) in [7, 11) is 0. The third-order valence-electron chi connectivity index (χ3n) is 2.79. The molecule has 0 aliphatic rings. The van der Waals surface area contributed by atoms with Gasteiger partial charge in [0.25, 0.3) is 0 Å². The van der Waals surface area contributed by atoms with Crippen molar-refractivity contribution in [3.8, 4) is 5.75 Å². The van der Waals surface area contributed by atoms with Crippen LogP contribution in [0.15, 0.2) is 30.8 Å². The lowest BCUT2D eigenvalue weighted by molar-refractivity contribution is -0.134. The molecule has 0 aliphatic heterocycles. The van der Waals surface area contributed by atoms with E-state index in [0.29, 0.717) is 18.6 Å². The van der Waals surface area contributed by atoms with Crippen molar-refractivity contribution in [1.29, 1.82) is 0 Å². The van der Waals surface area contributed by atoms with Crippen LogP contribution in [0.25, 0.3) is 6.08 Å². The minimum Gasteiger partial charge on any atom is -0.772 e. The summed E-state index contributed by atoms with van der Waals surface area (Å²) in [6, 6.07) is 7.13. The zero-order valence-electron chi connectivity index (χ0n) is 11.4. The van der Waals surface area contributed by atoms with Crippen LogP contribution in [0.5, 0.6) is 5.75 Å². The Morgan fingerprint density at radius 1 is 1.20 bits per heavy atom. The largest absolute Gasteiger partial charge is 0.772 e. The standard InChI is InChI=1S/C15H20O4S/c1-2-13-8-10-14(11-9-13)19-15(16)7-5-3-4-6-12-20(17)18/h2,8-11H,1,3-7,12H2,(H,17,18)/p-1. The second kappa shape index (κ2) is 9.44. The molecule has 0 saturated carbocycles. The minimum atomic E-state index is -1.96. The number of carbonyl (C=O) groups is 1. The molecule has 1 rings (SSSR count). The van der Waals surface area contributed by atoms with Crippen molar-refractivity contribution in [2.24, 2.45) is 0 Å². The van der Waals surface area contributed by atoms with Gasteiger partial charge >= 0.3 is 5.97 Å². The molecule has 20 heavy (non-hydrogen) atoms. The van der Waals surface area contributed by atoms with Gasteiger partial charge in [0.15, 0.2) is 0 Å². The van der Waals surface area contributed by atoms with Crippen LogP contribution in [0.2, 0.25) is 0 Å². The second-order valence-electron chi connectivity index (χ2n) is 4.42. The van der Waals surface area contributed by atoms with Crippen LogP contribution in [0.3, 0.4) is 0 Å². The first kappa shape index (κ1) is 16.6. The fraction of sp³-hybridized carbons (Fsp3) is 0.400. The first-order valence-electron chi connectivity index (χ1n) is 6.61. The number of carbonyl (C=O) groups excluding carboxylic acids is 1. The Kier molecular flexibility index (Phi) is 7.84. The number of rotatable bonds is 9. The third-order valence-corrected chi connectivity index (χ3v) is 3.41. The van der Waals surface area contributed by atoms with Gasteiger partial charge in [0.05, 0.1) is 0 Å². The Balaban J connectivity index is 2.16. The van der Waals surface area contributed by atoms with Gasteiger partial charge in [0.2, 0.25) is 0 Å². The molecule has 1 unspecified atom stereocenters. The summed E-state index contributed by atoms with van der Waals surface area (Å²) in [5, 5.41) is 0. The molecule has 0 radical (unpaired) electrons. The maximum Gasteiger partial charge on any atom is 0.311 e. The summed E-state index contributed by atoms with van der Waals surface area (Å²) in [5.41, 5.74) is 0.973. The average Bonchev–Trinajstić information content (AvgIpc) is 2.43. The van der Waals surface area contributed by atoms with Gasteiger partial charge in [-0.3, -0.25) is 9.00 Å². The fourth-order valence-electron chi connectivity index (χ4n) is 1.70. The van der Waals surface area contributed by atoms with Gasteiger partial charge in [-0.1, -0.05) is 48.7 Å². The maximum atomic E-state index is 11.6. The van der Waals surface area contributed by atoms with E-state index < -0.39 is 11.1 Å². The van der Waals surface area contributed by atoms with E-state index in [0.717, 1.165) is 24.8 Å². The molecule has 1 atom stereocenters. The first-order valence-corrected chi connectivity index (χ1v) is 7.85. The van der Waals surface area contributed by atoms with Crippen LogP contribution in [0.4, 0.5) is 0 Å². The summed E-state index contributed by atoms with van der Waals surface area (Å²) in [5.74, 6) is 0.464. The Morgan fingerprint density at radius 2 is 1.85 bits per heavy atom. The summed E-state index contributed by atoms with van der Waals surface area (Å²) < 4.78 is 25.8. The number of ether oxygens (including phenoxy) is 1. The zero-order valence-corrected chi connectivity index (χ0v) is 12.2. The monoisotopic (exact) mass is 295 g/mol. The summed E-state index contributed by atoms with van der Waals surface area (Å²) in [6.07, 6.45) is 5.09. The number of hydrogen-bond acceptors (Lipinski definition) is 4. The first-order chi connectivity index (χ1) is 9.61. The van der Waals surface area contributed by atoms with Crippen molar-refractivity contribution in [3.05, 3.63) is 36.4 Å². The lowest BCUT2D eigenvalue weighted by Gasteiger charge is -2.05. The van der Waals surface area contributed by atoms with Crippen molar-refractivity contribution < 1.29 is 18.3 Å². The normalized spacial score (nSPS) is 11.8. The number of hydrogen-bond donors (Lipinski definition) is 0. The number of unbranched alkanes of at least 4 members (excludes halogenated alkanes) is 3. The van der Waals surface area contributed by atoms with Crippen LogP contribution in [0, 0.1) is 0 Å². The van der Waals surface area contributed by atoms with E-state index in [1.165, 1.54) is 0 Å². The molecule has 1 aromatic carbocycles. The van der Waals surface area contributed by atoms with Crippen molar-refractivity contribution in [2.75, 3.05) is 5.75 Å². The molecular formula is C15H19O4S-. The van der Waals surface area contributed by atoms with Crippen molar-refractivity contribution in [2.45, 2.75) is 32.1 Å². The van der Waals surface area contributed by atoms with Crippen LogP contribution >= 0.6 is 0 Å². The Labute approximate surface area is 122 Å². The van der Waals surface area contributed by atoms with E-state index in [2.05, 4.69) is 6.58 Å². The van der Waals surface area contributed by atoms with E-state index >= 15 is 0 Å². The predicted molar refractivity (Wildman–Crippen MR) is 79.0 cm³/mol. The van der Waals surface area contributed by atoms with Gasteiger partial charge in [0.1, 0.15) is 5.75 Å². The molecule has 0 N–H and O–H groups in total. The van der Waals surface area contributed by atoms with Gasteiger partial charge < -0.3 is 9.29 Å². The molecule has 1 aromatic rings. The summed E-state index contributed by atoms with van der Waals surface area (Å²) >= 11 is -1.96. The lowest BCUT2D eigenvalue weighted by Crippen LogP contribution is -2.07. The van der Waals surface area contributed by atoms with Crippen LogP contribution < -0.4 is 4.74 Å². The average molecular weight is 295 g/mol. The van der Waals surface area contributed by atoms with Gasteiger partial charge in [0, 0.05) is 12.2 Å². The highest BCUT2D eigenvalue weighted by Gasteiger charge is 2.04. The van der Waals surface area contributed by atoms with Crippen LogP contribution in [0.1, 0.15) is 37.7 Å². The lowest BCUT2D eigenvalue weighted by atomic mass is 10.1. The predicted octanol–water partition coefficient (Wildman–Crippen LogP) is 3.06. The molecule has 0 saturated heterocycles. The van der Waals surface area contributed by atoms with E-state index in [9.17, 15) is 13.6 Å². The van der Waals surface area contributed by atoms with Gasteiger partial charge in [-0.05, 0) is 30.5 Å². The van der Waals surface area contributed by atoms with Crippen LogP contribution in [-0.4, -0.2) is 20.5 Å². The second-order valence-corrected chi connectivity index (χ2v) is 5.44. The molecule has 0 amide bonds. The highest BCUT2D eigenvalue weighted by Crippen LogP contribution is 2.14. The molecule has 0 aliphatic carbocycles. The fourth-order valence-corrected chi connectivity index (χ4v) is 2.14. The Bertz CT molecular complexity index is 453. The van der Waals surface area contributed by atoms with Crippen molar-refractivity contribution in [1.82, 2.24) is 0 Å². The Morgan fingerprint density at radius 3 is 2.45 bits per heavy atom. The summed E-state index contributed by atoms with van der Waals surface area (Å²) in [6.45, 7) is 3.65. The highest BCUT2D eigenvalue weighted by molar-refractivity contribution is 7.79. The number of esters is 1. The minimum absolute atomic E-state index is 0.195. The molecule has 0 heterocycles. The quantitative estimate of drug-likeness (QED) is 0.304. The molecule has 0 fully saturated rings. The molecular weight excluding hydrogens is 276 g/mol. The van der Waals surface area contributed by atoms with Gasteiger partial charge in [-0.25, -0.2) is 0 Å². The molecule has 0 bridgehead atoms. The van der Waals surface area contributed by atoms with E-state index in [1.54, 1.807) is 18.2 Å². The van der Waals surface area contributed by atoms with E-state index in [-0.39, 0.29) is 11.7 Å². The Hall–Kier alpha value is -1.46. The molecule has 0 aromatic heterocycles. The topological polar surface area (TPSA) is 66.4 Å². The molecule has 5 heteroatoms. The SMILES string of the molecule is C=Cc1ccc(OC(=O)CCCCCCS(=O)[O-])cc1. The molecule has 4 nitrogen and oxygen atoms in total. The van der Waals surface area contributed by atoms with E-state index in [4.69, 9.17) is 4.74 Å². The van der Waals surface area contributed by atoms with Crippen molar-refractivity contribution in [3.63, 3.8) is 0 Å². The maximum absolute atomic E-state index is 11.6. The van der Waals surface area contributed by atoms with E-state index in [1.807, 2.05) is 12.1 Å².